The first-order chi connectivity index (χ1) is 9.85. The van der Waals surface area contributed by atoms with Crippen molar-refractivity contribution in [2.45, 2.75) is 0 Å². The third kappa shape index (κ3) is 4.28. The zero-order chi connectivity index (χ0) is 15.6. The average molecular weight is 366 g/mol. The van der Waals surface area contributed by atoms with E-state index in [1.54, 1.807) is 18.2 Å². The number of rotatable bonds is 3. The number of amides is 2. The van der Waals surface area contributed by atoms with Gasteiger partial charge in [-0.1, -0.05) is 46.4 Å². The number of carbonyl (C=O) groups excluding carboxylic acids is 1. The zero-order valence-electron chi connectivity index (χ0n) is 10.3. The second-order valence-corrected chi connectivity index (χ2v) is 5.56. The van der Waals surface area contributed by atoms with Crippen molar-refractivity contribution < 1.29 is 4.79 Å². The number of benzene rings is 1. The number of hydrogen-bond acceptors (Lipinski definition) is 3. The molecular formula is C12H8Cl4N4O. The molecule has 1 heterocycles. The number of nitrogens with zero attached hydrogens (tertiary/aromatic N) is 2. The van der Waals surface area contributed by atoms with E-state index in [2.05, 4.69) is 10.4 Å². The molecule has 0 spiro atoms. The Bertz CT molecular complexity index is 654. The number of hydrazine groups is 1. The SMILES string of the molecule is NC(=O)N(Nc1cc(Cl)cc(Cl)c1)c1cc(Cl)nc(Cl)c1. The summed E-state index contributed by atoms with van der Waals surface area (Å²) in [6.07, 6.45) is 0. The molecule has 0 aliphatic heterocycles. The van der Waals surface area contributed by atoms with Crippen molar-refractivity contribution in [3.05, 3.63) is 50.7 Å². The topological polar surface area (TPSA) is 71.2 Å². The largest absolute Gasteiger partial charge is 0.350 e. The molecule has 2 rings (SSSR count). The number of halogens is 4. The summed E-state index contributed by atoms with van der Waals surface area (Å²) in [5.74, 6) is 0. The van der Waals surface area contributed by atoms with E-state index >= 15 is 0 Å². The van der Waals surface area contributed by atoms with Gasteiger partial charge in [-0.2, -0.15) is 0 Å². The second-order valence-electron chi connectivity index (χ2n) is 3.91. The van der Waals surface area contributed by atoms with E-state index in [4.69, 9.17) is 52.1 Å². The fraction of sp³-hybridized carbons (Fsp3) is 0. The molecule has 0 aliphatic rings. The first-order valence-corrected chi connectivity index (χ1v) is 7.02. The Hall–Kier alpha value is -1.40. The van der Waals surface area contributed by atoms with Gasteiger partial charge in [-0.25, -0.2) is 14.8 Å². The first kappa shape index (κ1) is 16.0. The van der Waals surface area contributed by atoms with Gasteiger partial charge in [-0.05, 0) is 18.2 Å². The number of nitrogens with one attached hydrogen (secondary N) is 1. The van der Waals surface area contributed by atoms with Gasteiger partial charge in [0.1, 0.15) is 10.3 Å². The van der Waals surface area contributed by atoms with Crippen LogP contribution in [0.5, 0.6) is 0 Å². The lowest BCUT2D eigenvalue weighted by Gasteiger charge is -2.22. The van der Waals surface area contributed by atoms with E-state index in [0.29, 0.717) is 21.4 Å². The number of nitrogens with two attached hydrogens (primary N) is 1. The van der Waals surface area contributed by atoms with Crippen molar-refractivity contribution in [3.63, 3.8) is 0 Å². The highest BCUT2D eigenvalue weighted by Gasteiger charge is 2.15. The predicted molar refractivity (Wildman–Crippen MR) is 86.4 cm³/mol. The van der Waals surface area contributed by atoms with E-state index in [-0.39, 0.29) is 10.3 Å². The van der Waals surface area contributed by atoms with Crippen LogP contribution in [0.1, 0.15) is 0 Å². The summed E-state index contributed by atoms with van der Waals surface area (Å²) in [4.78, 5) is 15.4. The Balaban J connectivity index is 2.37. The number of hydrogen-bond donors (Lipinski definition) is 2. The number of primary amides is 1. The fourth-order valence-corrected chi connectivity index (χ4v) is 2.55. The van der Waals surface area contributed by atoms with Gasteiger partial charge in [0, 0.05) is 22.2 Å². The number of urea groups is 1. The van der Waals surface area contributed by atoms with Crippen molar-refractivity contribution in [1.82, 2.24) is 4.98 Å². The van der Waals surface area contributed by atoms with Gasteiger partial charge in [0.15, 0.2) is 0 Å². The molecular weight excluding hydrogens is 358 g/mol. The summed E-state index contributed by atoms with van der Waals surface area (Å²) in [6.45, 7) is 0. The summed E-state index contributed by atoms with van der Waals surface area (Å²) >= 11 is 23.4. The number of aromatic nitrogens is 1. The van der Waals surface area contributed by atoms with Crippen molar-refractivity contribution in [1.29, 1.82) is 0 Å². The molecule has 0 fully saturated rings. The van der Waals surface area contributed by atoms with Crippen LogP contribution in [-0.4, -0.2) is 11.0 Å². The number of pyridine rings is 1. The van der Waals surface area contributed by atoms with Crippen LogP contribution in [0.4, 0.5) is 16.2 Å². The molecule has 1 aromatic heterocycles. The molecule has 0 unspecified atom stereocenters. The van der Waals surface area contributed by atoms with Crippen LogP contribution in [0.2, 0.25) is 20.4 Å². The van der Waals surface area contributed by atoms with Gasteiger partial charge in [0.25, 0.3) is 0 Å². The lowest BCUT2D eigenvalue weighted by Crippen LogP contribution is -2.40. The van der Waals surface area contributed by atoms with Crippen LogP contribution in [0.15, 0.2) is 30.3 Å². The summed E-state index contributed by atoms with van der Waals surface area (Å²) in [5.41, 5.74) is 8.91. The standard InChI is InChI=1S/C12H8Cl4N4O/c13-6-1-7(14)3-8(2-6)19-20(12(17)21)9-4-10(15)18-11(16)5-9/h1-5,19H,(H2,17,21). The number of anilines is 2. The molecule has 110 valence electrons. The maximum Gasteiger partial charge on any atom is 0.338 e. The lowest BCUT2D eigenvalue weighted by atomic mass is 10.3. The summed E-state index contributed by atoms with van der Waals surface area (Å²) in [6, 6.07) is 6.80. The van der Waals surface area contributed by atoms with E-state index in [1.807, 2.05) is 0 Å². The second kappa shape index (κ2) is 6.58. The summed E-state index contributed by atoms with van der Waals surface area (Å²) < 4.78 is 0. The summed E-state index contributed by atoms with van der Waals surface area (Å²) in [7, 11) is 0. The third-order valence-corrected chi connectivity index (χ3v) is 3.15. The average Bonchev–Trinajstić information content (AvgIpc) is 2.33. The van der Waals surface area contributed by atoms with Crippen LogP contribution in [0.25, 0.3) is 0 Å². The van der Waals surface area contributed by atoms with Crippen LogP contribution >= 0.6 is 46.4 Å². The first-order valence-electron chi connectivity index (χ1n) is 5.50. The molecule has 1 aromatic carbocycles. The van der Waals surface area contributed by atoms with E-state index in [9.17, 15) is 4.79 Å². The molecule has 0 saturated heterocycles. The van der Waals surface area contributed by atoms with Crippen molar-refractivity contribution in [2.24, 2.45) is 5.73 Å². The molecule has 0 radical (unpaired) electrons. The molecule has 9 heteroatoms. The van der Waals surface area contributed by atoms with Gasteiger partial charge in [-0.3, -0.25) is 5.43 Å². The third-order valence-electron chi connectivity index (χ3n) is 2.33. The Morgan fingerprint density at radius 1 is 1.00 bits per heavy atom. The van der Waals surface area contributed by atoms with Crippen molar-refractivity contribution in [2.75, 3.05) is 10.4 Å². The molecule has 2 amide bonds. The molecule has 0 saturated carbocycles. The molecule has 0 aliphatic carbocycles. The van der Waals surface area contributed by atoms with Crippen molar-refractivity contribution >= 4 is 63.8 Å². The Labute approximate surface area is 140 Å². The maximum atomic E-state index is 11.6. The minimum absolute atomic E-state index is 0.120. The Kier molecular flexibility index (Phi) is 5.00. The van der Waals surface area contributed by atoms with Gasteiger partial charge >= 0.3 is 6.03 Å². The molecule has 21 heavy (non-hydrogen) atoms. The van der Waals surface area contributed by atoms with Crippen molar-refractivity contribution in [3.8, 4) is 0 Å². The van der Waals surface area contributed by atoms with Crippen LogP contribution < -0.4 is 16.2 Å². The van der Waals surface area contributed by atoms with Crippen LogP contribution in [0.3, 0.4) is 0 Å². The van der Waals surface area contributed by atoms with Crippen LogP contribution in [0, 0.1) is 0 Å². The normalized spacial score (nSPS) is 10.3. The highest BCUT2D eigenvalue weighted by atomic mass is 35.5. The molecule has 5 nitrogen and oxygen atoms in total. The summed E-state index contributed by atoms with van der Waals surface area (Å²) in [5, 5.41) is 2.09. The Morgan fingerprint density at radius 3 is 2.00 bits per heavy atom. The minimum atomic E-state index is -0.774. The smallest absolute Gasteiger partial charge is 0.338 e. The minimum Gasteiger partial charge on any atom is -0.350 e. The van der Waals surface area contributed by atoms with Gasteiger partial charge in [0.2, 0.25) is 0 Å². The lowest BCUT2D eigenvalue weighted by molar-refractivity contribution is 0.255. The quantitative estimate of drug-likeness (QED) is 0.616. The van der Waals surface area contributed by atoms with Gasteiger partial charge in [-0.15, -0.1) is 0 Å². The van der Waals surface area contributed by atoms with Gasteiger partial charge < -0.3 is 5.73 Å². The highest BCUT2D eigenvalue weighted by Crippen LogP contribution is 2.26. The highest BCUT2D eigenvalue weighted by molar-refractivity contribution is 6.35. The number of carbonyl (C=O) groups is 1. The van der Waals surface area contributed by atoms with E-state index < -0.39 is 6.03 Å². The molecule has 0 atom stereocenters. The maximum absolute atomic E-state index is 11.6. The zero-order valence-corrected chi connectivity index (χ0v) is 13.3. The fourth-order valence-electron chi connectivity index (χ4n) is 1.58. The van der Waals surface area contributed by atoms with Crippen LogP contribution in [-0.2, 0) is 0 Å². The Morgan fingerprint density at radius 2 is 1.52 bits per heavy atom. The molecule has 0 bridgehead atoms. The molecule has 3 N–H and O–H groups in total. The monoisotopic (exact) mass is 364 g/mol. The van der Waals surface area contributed by atoms with E-state index in [1.165, 1.54) is 12.1 Å². The predicted octanol–water partition coefficient (Wildman–Crippen LogP) is 4.61. The van der Waals surface area contributed by atoms with E-state index in [0.717, 1.165) is 5.01 Å². The van der Waals surface area contributed by atoms with Gasteiger partial charge in [0.05, 0.1) is 11.4 Å². The molecule has 2 aromatic rings.